The van der Waals surface area contributed by atoms with E-state index in [4.69, 9.17) is 15.9 Å². The average Bonchev–Trinajstić information content (AvgIpc) is 2.37. The molecule has 7 N–H and O–H groups in total. The number of aliphatic hydroxyl groups excluding tert-OH is 1. The second-order valence-electron chi connectivity index (χ2n) is 3.39. The average molecular weight is 255 g/mol. The van der Waals surface area contributed by atoms with Gasteiger partial charge in [0.25, 0.3) is 5.91 Å². The predicted octanol–water partition coefficient (Wildman–Crippen LogP) is -1.43. The molecule has 0 spiro atoms. The van der Waals surface area contributed by atoms with Gasteiger partial charge >= 0.3 is 0 Å². The lowest BCUT2D eigenvalue weighted by Gasteiger charge is -2.05. The smallest absolute Gasteiger partial charge is 0.259 e. The number of rotatable bonds is 4. The third kappa shape index (κ3) is 3.09. The molecule has 0 saturated carbocycles. The molecule has 8 heteroatoms. The van der Waals surface area contributed by atoms with E-state index in [9.17, 15) is 15.0 Å². The van der Waals surface area contributed by atoms with Gasteiger partial charge in [0.2, 0.25) is 5.75 Å². The lowest BCUT2D eigenvalue weighted by atomic mass is 10.2. The third-order valence-electron chi connectivity index (χ3n) is 2.07. The number of nitrogens with one attached hydrogen (secondary N) is 1. The van der Waals surface area contributed by atoms with Crippen LogP contribution < -0.4 is 11.2 Å². The number of carbonyl (C=O) groups excluding carboxylic acids is 1. The van der Waals surface area contributed by atoms with E-state index in [0.29, 0.717) is 0 Å². The molecule has 0 unspecified atom stereocenters. The van der Waals surface area contributed by atoms with Gasteiger partial charge in [-0.15, -0.1) is 0 Å². The van der Waals surface area contributed by atoms with Gasteiger partial charge < -0.3 is 26.2 Å². The standard InChI is InChI=1S/C10H13N3O5/c11-6(4-14)10(18)13-12-3-5-1-2-7(15)9(17)8(5)16/h1-3,6,14-17H,4,11H2,(H,13,18)/b12-3-/t6-/m0/s1. The highest BCUT2D eigenvalue weighted by molar-refractivity contribution is 5.87. The first kappa shape index (κ1) is 13.7. The molecule has 0 radical (unpaired) electrons. The fraction of sp³-hybridized carbons (Fsp3) is 0.200. The number of hydrogen-bond acceptors (Lipinski definition) is 7. The summed E-state index contributed by atoms with van der Waals surface area (Å²) in [5.74, 6) is -2.43. The molecular formula is C10H13N3O5. The molecule has 1 atom stereocenters. The Morgan fingerprint density at radius 1 is 1.39 bits per heavy atom. The quantitative estimate of drug-likeness (QED) is 0.221. The van der Waals surface area contributed by atoms with Gasteiger partial charge in [-0.1, -0.05) is 0 Å². The summed E-state index contributed by atoms with van der Waals surface area (Å²) >= 11 is 0. The normalized spacial score (nSPS) is 12.6. The van der Waals surface area contributed by atoms with Crippen LogP contribution >= 0.6 is 0 Å². The number of phenolic OH excluding ortho intramolecular Hbond substituents is 3. The minimum Gasteiger partial charge on any atom is -0.504 e. The van der Waals surface area contributed by atoms with E-state index in [-0.39, 0.29) is 5.56 Å². The van der Waals surface area contributed by atoms with Crippen molar-refractivity contribution < 1.29 is 25.2 Å². The maximum Gasteiger partial charge on any atom is 0.259 e. The Bertz CT molecular complexity index is 475. The second kappa shape index (κ2) is 5.84. The van der Waals surface area contributed by atoms with Crippen LogP contribution in [0.25, 0.3) is 0 Å². The van der Waals surface area contributed by atoms with Crippen LogP contribution in [0.5, 0.6) is 17.2 Å². The fourth-order valence-electron chi connectivity index (χ4n) is 1.02. The largest absolute Gasteiger partial charge is 0.504 e. The molecule has 1 aromatic carbocycles. The van der Waals surface area contributed by atoms with E-state index in [2.05, 4.69) is 5.10 Å². The number of aromatic hydroxyl groups is 3. The Labute approximate surface area is 102 Å². The van der Waals surface area contributed by atoms with E-state index < -0.39 is 35.8 Å². The van der Waals surface area contributed by atoms with E-state index in [1.807, 2.05) is 5.43 Å². The first-order valence-electron chi connectivity index (χ1n) is 4.90. The van der Waals surface area contributed by atoms with E-state index in [0.717, 1.165) is 12.3 Å². The van der Waals surface area contributed by atoms with Crippen molar-refractivity contribution in [2.24, 2.45) is 10.8 Å². The third-order valence-corrected chi connectivity index (χ3v) is 2.07. The molecule has 0 aliphatic heterocycles. The monoisotopic (exact) mass is 255 g/mol. The summed E-state index contributed by atoms with van der Waals surface area (Å²) in [5, 5.41) is 39.8. The molecule has 18 heavy (non-hydrogen) atoms. The maximum atomic E-state index is 11.1. The lowest BCUT2D eigenvalue weighted by molar-refractivity contribution is -0.123. The van der Waals surface area contributed by atoms with Gasteiger partial charge in [0.1, 0.15) is 6.04 Å². The summed E-state index contributed by atoms with van der Waals surface area (Å²) < 4.78 is 0. The number of phenols is 3. The lowest BCUT2D eigenvalue weighted by Crippen LogP contribution is -2.40. The van der Waals surface area contributed by atoms with Crippen molar-refractivity contribution in [2.75, 3.05) is 6.61 Å². The van der Waals surface area contributed by atoms with Crippen LogP contribution in [-0.2, 0) is 4.79 Å². The van der Waals surface area contributed by atoms with Gasteiger partial charge in [0.15, 0.2) is 11.5 Å². The van der Waals surface area contributed by atoms with Gasteiger partial charge in [-0.25, -0.2) is 5.43 Å². The zero-order chi connectivity index (χ0) is 13.7. The van der Waals surface area contributed by atoms with Crippen molar-refractivity contribution in [3.8, 4) is 17.2 Å². The Morgan fingerprint density at radius 2 is 2.06 bits per heavy atom. The zero-order valence-corrected chi connectivity index (χ0v) is 9.24. The topological polar surface area (TPSA) is 148 Å². The number of nitrogens with zero attached hydrogens (tertiary/aromatic N) is 1. The van der Waals surface area contributed by atoms with Gasteiger partial charge in [0.05, 0.1) is 12.8 Å². The summed E-state index contributed by atoms with van der Waals surface area (Å²) in [6.45, 7) is -0.521. The highest BCUT2D eigenvalue weighted by atomic mass is 16.3. The van der Waals surface area contributed by atoms with Gasteiger partial charge in [0, 0.05) is 5.56 Å². The van der Waals surface area contributed by atoms with Crippen molar-refractivity contribution >= 4 is 12.1 Å². The summed E-state index contributed by atoms with van der Waals surface area (Å²) in [5.41, 5.74) is 7.33. The molecule has 0 aliphatic carbocycles. The van der Waals surface area contributed by atoms with Crippen molar-refractivity contribution in [1.82, 2.24) is 5.43 Å². The van der Waals surface area contributed by atoms with Crippen LogP contribution in [0.3, 0.4) is 0 Å². The van der Waals surface area contributed by atoms with Crippen molar-refractivity contribution in [3.63, 3.8) is 0 Å². The highest BCUT2D eigenvalue weighted by Gasteiger charge is 2.11. The molecule has 1 amide bonds. The number of hydrogen-bond donors (Lipinski definition) is 6. The van der Waals surface area contributed by atoms with Gasteiger partial charge in [-0.05, 0) is 12.1 Å². The summed E-state index contributed by atoms with van der Waals surface area (Å²) in [7, 11) is 0. The molecule has 1 aromatic rings. The molecule has 0 heterocycles. The molecule has 0 fully saturated rings. The number of aliphatic hydroxyl groups is 1. The van der Waals surface area contributed by atoms with Crippen molar-refractivity contribution in [1.29, 1.82) is 0 Å². The zero-order valence-electron chi connectivity index (χ0n) is 9.24. The second-order valence-corrected chi connectivity index (χ2v) is 3.39. The number of nitrogens with two attached hydrogens (primary N) is 1. The summed E-state index contributed by atoms with van der Waals surface area (Å²) in [4.78, 5) is 11.1. The molecule has 0 aliphatic rings. The van der Waals surface area contributed by atoms with Crippen LogP contribution in [0.1, 0.15) is 5.56 Å². The molecule has 0 aromatic heterocycles. The fourth-order valence-corrected chi connectivity index (χ4v) is 1.02. The Kier molecular flexibility index (Phi) is 4.46. The van der Waals surface area contributed by atoms with Crippen LogP contribution in [-0.4, -0.2) is 45.2 Å². The minimum atomic E-state index is -1.09. The van der Waals surface area contributed by atoms with Gasteiger partial charge in [-0.3, -0.25) is 4.79 Å². The van der Waals surface area contributed by atoms with Crippen molar-refractivity contribution in [2.45, 2.75) is 6.04 Å². The summed E-state index contributed by atoms with van der Waals surface area (Å²) in [6.07, 6.45) is 1.05. The maximum absolute atomic E-state index is 11.1. The van der Waals surface area contributed by atoms with Crippen molar-refractivity contribution in [3.05, 3.63) is 17.7 Å². The van der Waals surface area contributed by atoms with Crippen LogP contribution in [0.15, 0.2) is 17.2 Å². The van der Waals surface area contributed by atoms with E-state index >= 15 is 0 Å². The first-order chi connectivity index (χ1) is 8.47. The van der Waals surface area contributed by atoms with Crippen LogP contribution in [0, 0.1) is 0 Å². The Morgan fingerprint density at radius 3 is 2.67 bits per heavy atom. The summed E-state index contributed by atoms with van der Waals surface area (Å²) in [6, 6.07) is 1.34. The SMILES string of the molecule is N[C@@H](CO)C(=O)N/N=C\c1ccc(O)c(O)c1O. The number of amides is 1. The molecule has 0 saturated heterocycles. The van der Waals surface area contributed by atoms with Crippen LogP contribution in [0.4, 0.5) is 0 Å². The Balaban J connectivity index is 2.74. The van der Waals surface area contributed by atoms with E-state index in [1.165, 1.54) is 6.07 Å². The highest BCUT2D eigenvalue weighted by Crippen LogP contribution is 2.36. The van der Waals surface area contributed by atoms with Gasteiger partial charge in [-0.2, -0.15) is 5.10 Å². The number of hydrazone groups is 1. The van der Waals surface area contributed by atoms with E-state index in [1.54, 1.807) is 0 Å². The molecule has 0 bridgehead atoms. The predicted molar refractivity (Wildman–Crippen MR) is 62.2 cm³/mol. The molecule has 1 rings (SSSR count). The minimum absolute atomic E-state index is 0.0863. The molecule has 8 nitrogen and oxygen atoms in total. The number of carbonyl (C=O) groups is 1. The molecule has 98 valence electrons. The first-order valence-corrected chi connectivity index (χ1v) is 4.90. The van der Waals surface area contributed by atoms with Crippen LogP contribution in [0.2, 0.25) is 0 Å². The number of benzene rings is 1. The molecular weight excluding hydrogens is 242 g/mol. The Hall–Kier alpha value is -2.32.